The molecule has 0 aromatic rings. The molecule has 0 bridgehead atoms. The Morgan fingerprint density at radius 1 is 1.47 bits per heavy atom. The van der Waals surface area contributed by atoms with E-state index in [0.717, 1.165) is 0 Å². The van der Waals surface area contributed by atoms with E-state index in [1.807, 2.05) is 6.92 Å². The normalized spacial score (nSPS) is 13.7. The van der Waals surface area contributed by atoms with Gasteiger partial charge in [-0.25, -0.2) is 8.42 Å². The van der Waals surface area contributed by atoms with Crippen LogP contribution in [0.5, 0.6) is 0 Å². The summed E-state index contributed by atoms with van der Waals surface area (Å²) in [5, 5.41) is 8.47. The van der Waals surface area contributed by atoms with E-state index in [9.17, 15) is 13.2 Å². The minimum Gasteiger partial charge on any atom is -0.480 e. The molecule has 90 valence electrons. The van der Waals surface area contributed by atoms with Crippen molar-refractivity contribution in [3.05, 3.63) is 0 Å². The van der Waals surface area contributed by atoms with Gasteiger partial charge in [0, 0.05) is 17.3 Å². The van der Waals surface area contributed by atoms with E-state index in [2.05, 4.69) is 0 Å². The van der Waals surface area contributed by atoms with Crippen molar-refractivity contribution in [2.24, 2.45) is 5.73 Å². The number of aliphatic carboxylic acids is 1. The molecule has 0 aromatic heterocycles. The summed E-state index contributed by atoms with van der Waals surface area (Å²) >= 11 is 1.26. The average Bonchev–Trinajstić information content (AvgIpc) is 2.11. The summed E-state index contributed by atoms with van der Waals surface area (Å²) in [4.78, 5) is 10.3. The molecule has 0 aromatic carbocycles. The van der Waals surface area contributed by atoms with Gasteiger partial charge in [-0.3, -0.25) is 4.79 Å². The molecule has 0 unspecified atom stereocenters. The van der Waals surface area contributed by atoms with Gasteiger partial charge in [-0.15, -0.1) is 0 Å². The Morgan fingerprint density at radius 2 is 2.07 bits per heavy atom. The van der Waals surface area contributed by atoms with Gasteiger partial charge in [0.15, 0.2) is 9.84 Å². The Balaban J connectivity index is 3.67. The lowest BCUT2D eigenvalue weighted by Gasteiger charge is -2.06. The summed E-state index contributed by atoms with van der Waals surface area (Å²) in [7, 11) is -2.96. The highest BCUT2D eigenvalue weighted by Gasteiger charge is 2.13. The fraction of sp³-hybridized carbons (Fsp3) is 0.875. The van der Waals surface area contributed by atoms with Crippen molar-refractivity contribution in [2.75, 3.05) is 23.0 Å². The van der Waals surface area contributed by atoms with E-state index in [1.54, 1.807) is 0 Å². The van der Waals surface area contributed by atoms with Crippen molar-refractivity contribution in [1.82, 2.24) is 0 Å². The molecule has 0 amide bonds. The largest absolute Gasteiger partial charge is 0.480 e. The minimum atomic E-state index is -2.96. The van der Waals surface area contributed by atoms with Crippen LogP contribution in [0.25, 0.3) is 0 Å². The third-order valence-corrected chi connectivity index (χ3v) is 4.87. The highest BCUT2D eigenvalue weighted by atomic mass is 32.2. The van der Waals surface area contributed by atoms with Gasteiger partial charge in [-0.05, 0) is 6.42 Å². The van der Waals surface area contributed by atoms with Crippen LogP contribution < -0.4 is 5.73 Å². The predicted octanol–water partition coefficient (Wildman–Crippen LogP) is -0.0437. The molecule has 0 aliphatic heterocycles. The second-order valence-electron chi connectivity index (χ2n) is 3.17. The van der Waals surface area contributed by atoms with Crippen molar-refractivity contribution in [1.29, 1.82) is 0 Å². The van der Waals surface area contributed by atoms with Crippen LogP contribution >= 0.6 is 11.8 Å². The second-order valence-corrected chi connectivity index (χ2v) is 6.62. The number of thioether (sulfide) groups is 1. The minimum absolute atomic E-state index is 0.0951. The van der Waals surface area contributed by atoms with Crippen LogP contribution in [0.15, 0.2) is 0 Å². The Morgan fingerprint density at radius 3 is 2.53 bits per heavy atom. The molecule has 0 fully saturated rings. The Bertz CT molecular complexity index is 289. The van der Waals surface area contributed by atoms with Crippen LogP contribution in [0.1, 0.15) is 13.3 Å². The summed E-state index contributed by atoms with van der Waals surface area (Å²) in [5.41, 5.74) is 5.26. The first-order chi connectivity index (χ1) is 6.89. The predicted molar refractivity (Wildman–Crippen MR) is 61.9 cm³/mol. The molecule has 7 heteroatoms. The summed E-state index contributed by atoms with van der Waals surface area (Å²) in [6.45, 7) is 1.81. The summed E-state index contributed by atoms with van der Waals surface area (Å²) in [6, 6.07) is -0.913. The SMILES string of the molecule is CCCS(=O)(=O)CCSC[C@H](N)C(=O)O. The van der Waals surface area contributed by atoms with Crippen LogP contribution in [0.2, 0.25) is 0 Å². The zero-order chi connectivity index (χ0) is 11.9. The number of rotatable bonds is 8. The summed E-state index contributed by atoms with van der Waals surface area (Å²) in [6.07, 6.45) is 0.613. The third-order valence-electron chi connectivity index (χ3n) is 1.67. The third kappa shape index (κ3) is 7.64. The average molecular weight is 255 g/mol. The first kappa shape index (κ1) is 14.7. The van der Waals surface area contributed by atoms with E-state index >= 15 is 0 Å². The number of nitrogens with two attached hydrogens (primary N) is 1. The lowest BCUT2D eigenvalue weighted by atomic mass is 10.4. The standard InChI is InChI=1S/C8H17NO4S2/c1-2-4-15(12,13)5-3-14-6-7(9)8(10)11/h7H,2-6,9H2,1H3,(H,10,11)/t7-/m0/s1. The molecule has 0 aliphatic rings. The van der Waals surface area contributed by atoms with Crippen LogP contribution in [-0.4, -0.2) is 48.5 Å². The zero-order valence-corrected chi connectivity index (χ0v) is 10.3. The van der Waals surface area contributed by atoms with Gasteiger partial charge in [0.2, 0.25) is 0 Å². The highest BCUT2D eigenvalue weighted by Crippen LogP contribution is 2.04. The van der Waals surface area contributed by atoms with Gasteiger partial charge in [0.25, 0.3) is 0 Å². The second kappa shape index (κ2) is 7.08. The highest BCUT2D eigenvalue weighted by molar-refractivity contribution is 8.00. The molecule has 0 heterocycles. The molecule has 0 rings (SSSR count). The lowest BCUT2D eigenvalue weighted by molar-refractivity contribution is -0.137. The zero-order valence-electron chi connectivity index (χ0n) is 8.68. The molecule has 0 radical (unpaired) electrons. The van der Waals surface area contributed by atoms with Crippen molar-refractivity contribution in [3.8, 4) is 0 Å². The number of sulfone groups is 1. The monoisotopic (exact) mass is 255 g/mol. The first-order valence-electron chi connectivity index (χ1n) is 4.65. The quantitative estimate of drug-likeness (QED) is 0.590. The van der Waals surface area contributed by atoms with Gasteiger partial charge in [-0.2, -0.15) is 11.8 Å². The molecule has 0 saturated heterocycles. The fourth-order valence-corrected chi connectivity index (χ4v) is 3.76. The number of hydrogen-bond acceptors (Lipinski definition) is 5. The van der Waals surface area contributed by atoms with Crippen LogP contribution in [0.4, 0.5) is 0 Å². The number of carboxylic acid groups (broad SMARTS) is 1. The Hall–Kier alpha value is -0.270. The van der Waals surface area contributed by atoms with Crippen molar-refractivity contribution >= 4 is 27.6 Å². The van der Waals surface area contributed by atoms with E-state index in [1.165, 1.54) is 11.8 Å². The van der Waals surface area contributed by atoms with Gasteiger partial charge < -0.3 is 10.8 Å². The maximum absolute atomic E-state index is 11.2. The molecule has 0 spiro atoms. The Kier molecular flexibility index (Phi) is 6.95. The maximum Gasteiger partial charge on any atom is 0.321 e. The van der Waals surface area contributed by atoms with Gasteiger partial charge in [-0.1, -0.05) is 6.92 Å². The van der Waals surface area contributed by atoms with Gasteiger partial charge >= 0.3 is 5.97 Å². The van der Waals surface area contributed by atoms with Crippen LogP contribution in [0, 0.1) is 0 Å². The Labute approximate surface area is 94.3 Å². The van der Waals surface area contributed by atoms with Crippen LogP contribution in [-0.2, 0) is 14.6 Å². The molecule has 0 saturated carbocycles. The summed E-state index contributed by atoms with van der Waals surface area (Å²) < 4.78 is 22.5. The van der Waals surface area contributed by atoms with E-state index in [-0.39, 0.29) is 17.3 Å². The topological polar surface area (TPSA) is 97.5 Å². The molecular formula is C8H17NO4S2. The number of carbonyl (C=O) groups is 1. The van der Waals surface area contributed by atoms with E-state index in [0.29, 0.717) is 12.2 Å². The molecule has 0 aliphatic carbocycles. The van der Waals surface area contributed by atoms with Gasteiger partial charge in [0.05, 0.1) is 5.75 Å². The number of hydrogen-bond donors (Lipinski definition) is 2. The molecule has 3 N–H and O–H groups in total. The van der Waals surface area contributed by atoms with Crippen molar-refractivity contribution in [3.63, 3.8) is 0 Å². The first-order valence-corrected chi connectivity index (χ1v) is 7.63. The number of carboxylic acids is 1. The van der Waals surface area contributed by atoms with Crippen molar-refractivity contribution < 1.29 is 18.3 Å². The molecule has 1 atom stereocenters. The van der Waals surface area contributed by atoms with E-state index in [4.69, 9.17) is 10.8 Å². The molecule has 15 heavy (non-hydrogen) atoms. The van der Waals surface area contributed by atoms with Gasteiger partial charge in [0.1, 0.15) is 6.04 Å². The van der Waals surface area contributed by atoms with Crippen molar-refractivity contribution in [2.45, 2.75) is 19.4 Å². The van der Waals surface area contributed by atoms with Crippen LogP contribution in [0.3, 0.4) is 0 Å². The van der Waals surface area contributed by atoms with E-state index < -0.39 is 21.8 Å². The summed E-state index contributed by atoms with van der Waals surface area (Å²) in [5.74, 6) is -0.115. The molecule has 5 nitrogen and oxygen atoms in total. The molecular weight excluding hydrogens is 238 g/mol. The smallest absolute Gasteiger partial charge is 0.321 e. The lowest BCUT2D eigenvalue weighted by Crippen LogP contribution is -2.32. The fourth-order valence-electron chi connectivity index (χ4n) is 0.881. The maximum atomic E-state index is 11.2.